The third kappa shape index (κ3) is 2.42. The lowest BCUT2D eigenvalue weighted by Gasteiger charge is -2.15. The normalized spacial score (nSPS) is 10.2. The van der Waals surface area contributed by atoms with Crippen LogP contribution in [0.2, 0.25) is 0 Å². The van der Waals surface area contributed by atoms with Gasteiger partial charge in [0.1, 0.15) is 6.54 Å². The largest absolute Gasteiger partial charge is 0.396 e. The molecular weight excluding hydrogens is 204 g/mol. The van der Waals surface area contributed by atoms with E-state index < -0.39 is 0 Å². The van der Waals surface area contributed by atoms with Crippen molar-refractivity contribution >= 4 is 11.6 Å². The minimum absolute atomic E-state index is 0.00880. The summed E-state index contributed by atoms with van der Waals surface area (Å²) in [6.07, 6.45) is 1.69. The Hall–Kier alpha value is -1.78. The Morgan fingerprint density at radius 3 is 2.69 bits per heavy atom. The topological polar surface area (TPSA) is 64.2 Å². The molecule has 88 valence electrons. The lowest BCUT2D eigenvalue weighted by Crippen LogP contribution is -2.30. The summed E-state index contributed by atoms with van der Waals surface area (Å²) in [6, 6.07) is 0. The van der Waals surface area contributed by atoms with Gasteiger partial charge in [0.2, 0.25) is 5.91 Å². The van der Waals surface area contributed by atoms with E-state index in [0.29, 0.717) is 12.2 Å². The minimum atomic E-state index is -0.00880. The number of likely N-dealkylation sites (N-methyl/N-ethyl adjacent to an activating group) is 1. The molecule has 1 aromatic heterocycles. The third-order valence-electron chi connectivity index (χ3n) is 2.55. The average Bonchev–Trinajstić information content (AvgIpc) is 2.47. The Labute approximate surface area is 95.5 Å². The lowest BCUT2D eigenvalue weighted by atomic mass is 10.3. The summed E-state index contributed by atoms with van der Waals surface area (Å²) in [5.74, 6) is -0.00880. The number of aryl methyl sites for hydroxylation is 1. The Morgan fingerprint density at radius 2 is 2.25 bits per heavy atom. The van der Waals surface area contributed by atoms with Crippen LogP contribution < -0.4 is 5.73 Å². The molecule has 2 N–H and O–H groups in total. The van der Waals surface area contributed by atoms with Crippen molar-refractivity contribution in [3.05, 3.63) is 24.0 Å². The molecule has 0 saturated heterocycles. The van der Waals surface area contributed by atoms with Crippen LogP contribution in [0, 0.1) is 13.8 Å². The summed E-state index contributed by atoms with van der Waals surface area (Å²) in [5.41, 5.74) is 8.03. The highest BCUT2D eigenvalue weighted by atomic mass is 16.2. The summed E-state index contributed by atoms with van der Waals surface area (Å²) in [4.78, 5) is 13.3. The molecule has 0 radical (unpaired) electrons. The summed E-state index contributed by atoms with van der Waals surface area (Å²) >= 11 is 0. The quantitative estimate of drug-likeness (QED) is 0.764. The number of rotatable bonds is 4. The van der Waals surface area contributed by atoms with Gasteiger partial charge in [-0.2, -0.15) is 5.10 Å². The van der Waals surface area contributed by atoms with Gasteiger partial charge >= 0.3 is 0 Å². The summed E-state index contributed by atoms with van der Waals surface area (Å²) in [5, 5.41) is 4.21. The molecular formula is C11H18N4O. The van der Waals surface area contributed by atoms with Crippen molar-refractivity contribution in [3.8, 4) is 0 Å². The maximum Gasteiger partial charge on any atom is 0.244 e. The number of carbonyl (C=O) groups excluding carboxylic acids is 1. The van der Waals surface area contributed by atoms with E-state index in [2.05, 4.69) is 11.7 Å². The van der Waals surface area contributed by atoms with E-state index in [1.165, 1.54) is 0 Å². The van der Waals surface area contributed by atoms with Crippen molar-refractivity contribution in [2.45, 2.75) is 20.4 Å². The molecule has 0 atom stereocenters. The van der Waals surface area contributed by atoms with Gasteiger partial charge in [0, 0.05) is 13.6 Å². The number of nitrogens with two attached hydrogens (primary N) is 1. The SMILES string of the molecule is C=CCN(C)C(=O)Cn1nc(C)c(N)c1C. The van der Waals surface area contributed by atoms with Crippen LogP contribution in [0.5, 0.6) is 0 Å². The number of carbonyl (C=O) groups is 1. The van der Waals surface area contributed by atoms with Crippen molar-refractivity contribution in [3.63, 3.8) is 0 Å². The molecule has 5 heteroatoms. The zero-order chi connectivity index (χ0) is 12.3. The second kappa shape index (κ2) is 4.83. The van der Waals surface area contributed by atoms with Crippen molar-refractivity contribution in [2.75, 3.05) is 19.3 Å². The van der Waals surface area contributed by atoms with Crippen LogP contribution in [-0.4, -0.2) is 34.2 Å². The first-order valence-corrected chi connectivity index (χ1v) is 5.11. The van der Waals surface area contributed by atoms with E-state index in [4.69, 9.17) is 5.73 Å². The fourth-order valence-corrected chi connectivity index (χ4v) is 1.41. The minimum Gasteiger partial charge on any atom is -0.396 e. The highest BCUT2D eigenvalue weighted by Gasteiger charge is 2.13. The maximum atomic E-state index is 11.8. The average molecular weight is 222 g/mol. The van der Waals surface area contributed by atoms with Gasteiger partial charge in [0.15, 0.2) is 0 Å². The van der Waals surface area contributed by atoms with Crippen molar-refractivity contribution in [1.82, 2.24) is 14.7 Å². The summed E-state index contributed by atoms with van der Waals surface area (Å²) in [7, 11) is 1.74. The molecule has 0 aliphatic heterocycles. The Kier molecular flexibility index (Phi) is 3.71. The molecule has 1 aromatic rings. The van der Waals surface area contributed by atoms with E-state index in [1.807, 2.05) is 13.8 Å². The van der Waals surface area contributed by atoms with Gasteiger partial charge in [-0.15, -0.1) is 6.58 Å². The molecule has 1 rings (SSSR count). The zero-order valence-electron chi connectivity index (χ0n) is 10.0. The van der Waals surface area contributed by atoms with Crippen LogP contribution in [0.3, 0.4) is 0 Å². The monoisotopic (exact) mass is 222 g/mol. The fourth-order valence-electron chi connectivity index (χ4n) is 1.41. The summed E-state index contributed by atoms with van der Waals surface area (Å²) in [6.45, 7) is 8.03. The number of hydrogen-bond donors (Lipinski definition) is 1. The Balaban J connectivity index is 2.77. The highest BCUT2D eigenvalue weighted by Crippen LogP contribution is 2.14. The lowest BCUT2D eigenvalue weighted by molar-refractivity contribution is -0.130. The van der Waals surface area contributed by atoms with Crippen molar-refractivity contribution < 1.29 is 4.79 Å². The van der Waals surface area contributed by atoms with E-state index in [9.17, 15) is 4.79 Å². The van der Waals surface area contributed by atoms with Gasteiger partial charge in [-0.25, -0.2) is 0 Å². The van der Waals surface area contributed by atoms with Gasteiger partial charge in [0.25, 0.3) is 0 Å². The van der Waals surface area contributed by atoms with Crippen molar-refractivity contribution in [2.24, 2.45) is 0 Å². The molecule has 0 aliphatic carbocycles. The standard InChI is InChI=1S/C11H18N4O/c1-5-6-14(4)10(16)7-15-9(3)11(12)8(2)13-15/h5H,1,6-7,12H2,2-4H3. The molecule has 0 fully saturated rings. The van der Waals surface area contributed by atoms with Crippen LogP contribution >= 0.6 is 0 Å². The Bertz CT molecular complexity index is 408. The predicted octanol–water partition coefficient (Wildman–Crippen LogP) is 0.727. The van der Waals surface area contributed by atoms with Crippen LogP contribution in [-0.2, 0) is 11.3 Å². The maximum absolute atomic E-state index is 11.8. The number of amides is 1. The number of nitrogens with zero attached hydrogens (tertiary/aromatic N) is 3. The molecule has 0 bridgehead atoms. The van der Waals surface area contributed by atoms with Gasteiger partial charge in [0.05, 0.1) is 17.1 Å². The number of hydrogen-bond acceptors (Lipinski definition) is 3. The van der Waals surface area contributed by atoms with Crippen LogP contribution in [0.4, 0.5) is 5.69 Å². The molecule has 0 saturated carbocycles. The first-order valence-electron chi connectivity index (χ1n) is 5.11. The summed E-state index contributed by atoms with van der Waals surface area (Å²) < 4.78 is 1.63. The first kappa shape index (κ1) is 12.3. The molecule has 0 aliphatic rings. The third-order valence-corrected chi connectivity index (χ3v) is 2.55. The second-order valence-electron chi connectivity index (χ2n) is 3.81. The van der Waals surface area contributed by atoms with Crippen LogP contribution in [0.1, 0.15) is 11.4 Å². The number of nitrogen functional groups attached to an aromatic ring is 1. The first-order chi connectivity index (χ1) is 7.47. The van der Waals surface area contributed by atoms with Gasteiger partial charge in [-0.1, -0.05) is 6.08 Å². The molecule has 1 amide bonds. The molecule has 1 heterocycles. The van der Waals surface area contributed by atoms with Crippen LogP contribution in [0.15, 0.2) is 12.7 Å². The smallest absolute Gasteiger partial charge is 0.244 e. The number of anilines is 1. The second-order valence-corrected chi connectivity index (χ2v) is 3.81. The van der Waals surface area contributed by atoms with Gasteiger partial charge in [-0.3, -0.25) is 9.48 Å². The van der Waals surface area contributed by atoms with Crippen LogP contribution in [0.25, 0.3) is 0 Å². The van der Waals surface area contributed by atoms with E-state index in [1.54, 1.807) is 22.7 Å². The van der Waals surface area contributed by atoms with E-state index >= 15 is 0 Å². The van der Waals surface area contributed by atoms with E-state index in [0.717, 1.165) is 11.4 Å². The van der Waals surface area contributed by atoms with E-state index in [-0.39, 0.29) is 12.5 Å². The van der Waals surface area contributed by atoms with Gasteiger partial charge in [-0.05, 0) is 13.8 Å². The zero-order valence-corrected chi connectivity index (χ0v) is 10.0. The predicted molar refractivity (Wildman–Crippen MR) is 63.9 cm³/mol. The highest BCUT2D eigenvalue weighted by molar-refractivity contribution is 5.76. The molecule has 5 nitrogen and oxygen atoms in total. The number of aromatic nitrogens is 2. The van der Waals surface area contributed by atoms with Crippen molar-refractivity contribution in [1.29, 1.82) is 0 Å². The molecule has 16 heavy (non-hydrogen) atoms. The Morgan fingerprint density at radius 1 is 1.62 bits per heavy atom. The molecule has 0 spiro atoms. The van der Waals surface area contributed by atoms with Gasteiger partial charge < -0.3 is 10.6 Å². The molecule has 0 unspecified atom stereocenters. The molecule has 0 aromatic carbocycles. The fraction of sp³-hybridized carbons (Fsp3) is 0.455.